The lowest BCUT2D eigenvalue weighted by molar-refractivity contribution is -0.132. The van der Waals surface area contributed by atoms with E-state index in [2.05, 4.69) is 36.5 Å². The van der Waals surface area contributed by atoms with E-state index in [9.17, 15) is 9.59 Å². The van der Waals surface area contributed by atoms with Crippen LogP contribution in [0.15, 0.2) is 54.6 Å². The number of amides is 2. The van der Waals surface area contributed by atoms with Crippen LogP contribution in [-0.4, -0.2) is 36.3 Å². The fourth-order valence-corrected chi connectivity index (χ4v) is 3.91. The summed E-state index contributed by atoms with van der Waals surface area (Å²) < 4.78 is 0. The summed E-state index contributed by atoms with van der Waals surface area (Å²) in [6, 6.07) is 18.5. The largest absolute Gasteiger partial charge is 0.355 e. The number of aryl methyl sites for hydroxylation is 2. The number of carbonyl (C=O) groups is 2. The van der Waals surface area contributed by atoms with Gasteiger partial charge in [-0.15, -0.1) is 0 Å². The highest BCUT2D eigenvalue weighted by Crippen LogP contribution is 2.23. The van der Waals surface area contributed by atoms with Crippen molar-refractivity contribution in [2.75, 3.05) is 19.6 Å². The van der Waals surface area contributed by atoms with Crippen LogP contribution in [-0.2, 0) is 22.4 Å². The monoisotopic (exact) mass is 392 g/mol. The number of benzene rings is 2. The molecule has 1 aliphatic heterocycles. The van der Waals surface area contributed by atoms with Gasteiger partial charge < -0.3 is 10.2 Å². The fraction of sp³-hybridized carbons (Fsp3) is 0.440. The summed E-state index contributed by atoms with van der Waals surface area (Å²) >= 11 is 0. The van der Waals surface area contributed by atoms with Crippen LogP contribution in [0, 0.1) is 12.8 Å². The van der Waals surface area contributed by atoms with Crippen molar-refractivity contribution in [3.63, 3.8) is 0 Å². The second-order valence-electron chi connectivity index (χ2n) is 8.11. The molecule has 1 fully saturated rings. The van der Waals surface area contributed by atoms with Gasteiger partial charge in [0.1, 0.15) is 0 Å². The standard InChI is InChI=1S/C25H32N2O2/c1-20-7-9-21(10-8-20)11-12-22-14-17-27(18-15-22)25(29)13-16-26-24(28)19-23-5-3-2-4-6-23/h2-10,22H,11-19H2,1H3,(H,26,28). The fourth-order valence-electron chi connectivity index (χ4n) is 3.91. The van der Waals surface area contributed by atoms with Crippen LogP contribution in [0.1, 0.15) is 42.4 Å². The highest BCUT2D eigenvalue weighted by atomic mass is 16.2. The van der Waals surface area contributed by atoms with E-state index in [1.807, 2.05) is 35.2 Å². The van der Waals surface area contributed by atoms with Gasteiger partial charge in [-0.1, -0.05) is 60.2 Å². The quantitative estimate of drug-likeness (QED) is 0.740. The molecule has 2 aromatic carbocycles. The minimum Gasteiger partial charge on any atom is -0.355 e. The Morgan fingerprint density at radius 1 is 0.966 bits per heavy atom. The van der Waals surface area contributed by atoms with Crippen LogP contribution < -0.4 is 5.32 Å². The molecule has 1 saturated heterocycles. The molecule has 1 aliphatic rings. The molecule has 0 saturated carbocycles. The van der Waals surface area contributed by atoms with Crippen LogP contribution in [0.2, 0.25) is 0 Å². The summed E-state index contributed by atoms with van der Waals surface area (Å²) in [6.45, 7) is 4.22. The number of nitrogens with zero attached hydrogens (tertiary/aromatic N) is 1. The van der Waals surface area contributed by atoms with Gasteiger partial charge in [0.25, 0.3) is 0 Å². The molecule has 2 aromatic rings. The molecular formula is C25H32N2O2. The maximum atomic E-state index is 12.4. The Morgan fingerprint density at radius 3 is 2.34 bits per heavy atom. The van der Waals surface area contributed by atoms with Crippen LogP contribution in [0.3, 0.4) is 0 Å². The molecule has 3 rings (SSSR count). The van der Waals surface area contributed by atoms with Crippen LogP contribution in [0.5, 0.6) is 0 Å². The Labute approximate surface area is 174 Å². The molecule has 154 valence electrons. The van der Waals surface area contributed by atoms with E-state index in [-0.39, 0.29) is 11.8 Å². The summed E-state index contributed by atoms with van der Waals surface area (Å²) in [5, 5.41) is 2.87. The first kappa shape index (κ1) is 21.1. The number of piperidine rings is 1. The summed E-state index contributed by atoms with van der Waals surface area (Å²) in [5.74, 6) is 0.826. The predicted octanol–water partition coefficient (Wildman–Crippen LogP) is 3.92. The number of rotatable bonds is 8. The third-order valence-corrected chi connectivity index (χ3v) is 5.80. The van der Waals surface area contributed by atoms with E-state index < -0.39 is 0 Å². The number of nitrogens with one attached hydrogen (secondary N) is 1. The summed E-state index contributed by atoms with van der Waals surface area (Å²) in [6.07, 6.45) is 5.22. The molecular weight excluding hydrogens is 360 g/mol. The second kappa shape index (κ2) is 10.8. The second-order valence-corrected chi connectivity index (χ2v) is 8.11. The molecule has 0 radical (unpaired) electrons. The van der Waals surface area contributed by atoms with Gasteiger partial charge in [0.15, 0.2) is 0 Å². The van der Waals surface area contributed by atoms with Gasteiger partial charge in [-0.05, 0) is 49.7 Å². The maximum Gasteiger partial charge on any atom is 0.224 e. The number of hydrogen-bond donors (Lipinski definition) is 1. The van der Waals surface area contributed by atoms with E-state index in [1.54, 1.807) is 0 Å². The Hall–Kier alpha value is -2.62. The molecule has 1 heterocycles. The predicted molar refractivity (Wildman–Crippen MR) is 117 cm³/mol. The maximum absolute atomic E-state index is 12.4. The zero-order chi connectivity index (χ0) is 20.5. The lowest BCUT2D eigenvalue weighted by Gasteiger charge is -2.32. The van der Waals surface area contributed by atoms with Crippen LogP contribution in [0.25, 0.3) is 0 Å². The summed E-state index contributed by atoms with van der Waals surface area (Å²) in [5.41, 5.74) is 3.70. The number of carbonyl (C=O) groups excluding carboxylic acids is 2. The molecule has 0 aromatic heterocycles. The van der Waals surface area contributed by atoms with Crippen molar-refractivity contribution in [3.05, 3.63) is 71.3 Å². The van der Waals surface area contributed by atoms with E-state index >= 15 is 0 Å². The van der Waals surface area contributed by atoms with E-state index in [0.717, 1.165) is 37.9 Å². The van der Waals surface area contributed by atoms with Crippen LogP contribution >= 0.6 is 0 Å². The van der Waals surface area contributed by atoms with E-state index in [4.69, 9.17) is 0 Å². The molecule has 0 aliphatic carbocycles. The summed E-state index contributed by atoms with van der Waals surface area (Å²) in [7, 11) is 0. The zero-order valence-electron chi connectivity index (χ0n) is 17.4. The third-order valence-electron chi connectivity index (χ3n) is 5.80. The van der Waals surface area contributed by atoms with Gasteiger partial charge in [-0.2, -0.15) is 0 Å². The van der Waals surface area contributed by atoms with Crippen molar-refractivity contribution in [2.45, 2.75) is 45.4 Å². The van der Waals surface area contributed by atoms with E-state index in [1.165, 1.54) is 17.5 Å². The smallest absolute Gasteiger partial charge is 0.224 e. The van der Waals surface area contributed by atoms with Gasteiger partial charge in [0, 0.05) is 26.1 Å². The molecule has 0 bridgehead atoms. The lowest BCUT2D eigenvalue weighted by Crippen LogP contribution is -2.40. The van der Waals surface area contributed by atoms with Gasteiger partial charge in [-0.25, -0.2) is 0 Å². The Morgan fingerprint density at radius 2 is 1.66 bits per heavy atom. The molecule has 0 unspecified atom stereocenters. The molecule has 0 atom stereocenters. The average molecular weight is 393 g/mol. The Bertz CT molecular complexity index is 778. The average Bonchev–Trinajstić information content (AvgIpc) is 2.74. The molecule has 2 amide bonds. The molecule has 29 heavy (non-hydrogen) atoms. The minimum absolute atomic E-state index is 0.0289. The van der Waals surface area contributed by atoms with Crippen molar-refractivity contribution in [1.82, 2.24) is 10.2 Å². The highest BCUT2D eigenvalue weighted by Gasteiger charge is 2.22. The van der Waals surface area contributed by atoms with E-state index in [0.29, 0.717) is 25.3 Å². The lowest BCUT2D eigenvalue weighted by atomic mass is 9.90. The normalized spacial score (nSPS) is 14.6. The minimum atomic E-state index is -0.0289. The van der Waals surface area contributed by atoms with Crippen molar-refractivity contribution >= 4 is 11.8 Å². The first-order valence-electron chi connectivity index (χ1n) is 10.7. The molecule has 0 spiro atoms. The van der Waals surface area contributed by atoms with Crippen molar-refractivity contribution in [1.29, 1.82) is 0 Å². The van der Waals surface area contributed by atoms with Gasteiger partial charge in [0.2, 0.25) is 11.8 Å². The first-order chi connectivity index (χ1) is 14.1. The van der Waals surface area contributed by atoms with Crippen molar-refractivity contribution in [2.24, 2.45) is 5.92 Å². The SMILES string of the molecule is Cc1ccc(CCC2CCN(C(=O)CCNC(=O)Cc3ccccc3)CC2)cc1. The first-order valence-corrected chi connectivity index (χ1v) is 10.7. The highest BCUT2D eigenvalue weighted by molar-refractivity contribution is 5.80. The number of hydrogen-bond acceptors (Lipinski definition) is 2. The molecule has 1 N–H and O–H groups in total. The van der Waals surface area contributed by atoms with Crippen molar-refractivity contribution < 1.29 is 9.59 Å². The Balaban J connectivity index is 1.30. The zero-order valence-corrected chi connectivity index (χ0v) is 17.4. The van der Waals surface area contributed by atoms with Gasteiger partial charge >= 0.3 is 0 Å². The van der Waals surface area contributed by atoms with Crippen LogP contribution in [0.4, 0.5) is 0 Å². The topological polar surface area (TPSA) is 49.4 Å². The van der Waals surface area contributed by atoms with Gasteiger partial charge in [-0.3, -0.25) is 9.59 Å². The van der Waals surface area contributed by atoms with Crippen molar-refractivity contribution in [3.8, 4) is 0 Å². The third kappa shape index (κ3) is 7.04. The Kier molecular flexibility index (Phi) is 7.85. The molecule has 4 heteroatoms. The summed E-state index contributed by atoms with van der Waals surface area (Å²) in [4.78, 5) is 26.4. The number of likely N-dealkylation sites (tertiary alicyclic amines) is 1. The molecule has 4 nitrogen and oxygen atoms in total. The van der Waals surface area contributed by atoms with Gasteiger partial charge in [0.05, 0.1) is 6.42 Å².